The molecule has 1 aliphatic heterocycles. The fourth-order valence-corrected chi connectivity index (χ4v) is 3.41. The van der Waals surface area contributed by atoms with Gasteiger partial charge < -0.3 is 14.1 Å². The van der Waals surface area contributed by atoms with Crippen LogP contribution in [0.4, 0.5) is 5.82 Å². The van der Waals surface area contributed by atoms with E-state index in [0.717, 1.165) is 34.6 Å². The first-order valence-corrected chi connectivity index (χ1v) is 8.95. The molecule has 5 rings (SSSR count). The number of benzene rings is 1. The number of aromatic nitrogens is 3. The van der Waals surface area contributed by atoms with Crippen LogP contribution >= 0.6 is 0 Å². The largest absolute Gasteiger partial charge is 0.467 e. The second kappa shape index (κ2) is 6.81. The minimum Gasteiger partial charge on any atom is -0.467 e. The van der Waals surface area contributed by atoms with Crippen LogP contribution < -0.4 is 4.90 Å². The van der Waals surface area contributed by atoms with Crippen LogP contribution in [0.1, 0.15) is 11.9 Å². The lowest BCUT2D eigenvalue weighted by atomic mass is 10.1. The van der Waals surface area contributed by atoms with E-state index in [0.29, 0.717) is 19.0 Å². The minimum absolute atomic E-state index is 0.107. The molecule has 3 aromatic heterocycles. The van der Waals surface area contributed by atoms with Gasteiger partial charge in [0.15, 0.2) is 5.82 Å². The number of morpholine rings is 1. The predicted octanol–water partition coefficient (Wildman–Crippen LogP) is 3.86. The van der Waals surface area contributed by atoms with Gasteiger partial charge in [0.2, 0.25) is 0 Å². The van der Waals surface area contributed by atoms with Crippen molar-refractivity contribution in [2.75, 3.05) is 24.6 Å². The Balaban J connectivity index is 1.59. The number of anilines is 1. The van der Waals surface area contributed by atoms with Crippen LogP contribution in [-0.4, -0.2) is 34.6 Å². The molecule has 0 amide bonds. The number of nitrogens with zero attached hydrogens (tertiary/aromatic N) is 4. The molecule has 0 radical (unpaired) electrons. The molecule has 1 aliphatic rings. The first kappa shape index (κ1) is 16.0. The zero-order valence-electron chi connectivity index (χ0n) is 14.7. The molecular formula is C21H18N4O2. The van der Waals surface area contributed by atoms with E-state index in [1.165, 1.54) is 0 Å². The molecule has 134 valence electrons. The number of hydrogen-bond acceptors (Lipinski definition) is 6. The van der Waals surface area contributed by atoms with Crippen LogP contribution in [0.5, 0.6) is 0 Å². The van der Waals surface area contributed by atoms with Crippen molar-refractivity contribution in [2.45, 2.75) is 6.10 Å². The highest BCUT2D eigenvalue weighted by Gasteiger charge is 2.26. The summed E-state index contributed by atoms with van der Waals surface area (Å²) < 4.78 is 11.5. The first-order valence-electron chi connectivity index (χ1n) is 8.95. The Bertz CT molecular complexity index is 1050. The van der Waals surface area contributed by atoms with Crippen LogP contribution in [0.25, 0.3) is 22.3 Å². The zero-order chi connectivity index (χ0) is 18.1. The Morgan fingerprint density at radius 3 is 2.81 bits per heavy atom. The molecule has 1 aromatic carbocycles. The van der Waals surface area contributed by atoms with Crippen LogP contribution in [0.3, 0.4) is 0 Å². The zero-order valence-corrected chi connectivity index (χ0v) is 14.7. The van der Waals surface area contributed by atoms with Gasteiger partial charge in [0.1, 0.15) is 17.7 Å². The summed E-state index contributed by atoms with van der Waals surface area (Å²) in [6.07, 6.45) is 5.11. The third-order valence-corrected chi connectivity index (χ3v) is 4.73. The summed E-state index contributed by atoms with van der Waals surface area (Å²) in [6.45, 7) is 2.07. The molecule has 0 bridgehead atoms. The average molecular weight is 358 g/mol. The molecule has 6 nitrogen and oxygen atoms in total. The predicted molar refractivity (Wildman–Crippen MR) is 102 cm³/mol. The van der Waals surface area contributed by atoms with Gasteiger partial charge in [0, 0.05) is 29.9 Å². The molecule has 0 N–H and O–H groups in total. The maximum Gasteiger partial charge on any atom is 0.163 e. The van der Waals surface area contributed by atoms with E-state index in [-0.39, 0.29) is 6.10 Å². The molecule has 1 unspecified atom stereocenters. The standard InChI is InChI=1S/C21H18N4O2/c1-2-7-17-16(6-1)21(24-20(23-17)15-5-3-9-22-13-15)25-10-12-27-19(14-25)18-8-4-11-26-18/h1-9,11,13,19H,10,12,14H2. The Morgan fingerprint density at radius 1 is 1.00 bits per heavy atom. The van der Waals surface area contributed by atoms with E-state index >= 15 is 0 Å². The van der Waals surface area contributed by atoms with Gasteiger partial charge >= 0.3 is 0 Å². The Hall–Kier alpha value is -3.25. The Morgan fingerprint density at radius 2 is 1.96 bits per heavy atom. The topological polar surface area (TPSA) is 64.3 Å². The van der Waals surface area contributed by atoms with E-state index in [1.54, 1.807) is 18.7 Å². The van der Waals surface area contributed by atoms with Crippen molar-refractivity contribution in [3.05, 3.63) is 72.9 Å². The number of fused-ring (bicyclic) bond motifs is 1. The van der Waals surface area contributed by atoms with Gasteiger partial charge in [0.05, 0.1) is 24.9 Å². The quantitative estimate of drug-likeness (QED) is 0.554. The molecule has 4 aromatic rings. The summed E-state index contributed by atoms with van der Waals surface area (Å²) >= 11 is 0. The van der Waals surface area contributed by atoms with Gasteiger partial charge in [-0.2, -0.15) is 0 Å². The molecular weight excluding hydrogens is 340 g/mol. The molecule has 1 saturated heterocycles. The summed E-state index contributed by atoms with van der Waals surface area (Å²) in [5, 5.41) is 1.03. The van der Waals surface area contributed by atoms with E-state index in [1.807, 2.05) is 42.5 Å². The number of ether oxygens (including phenoxy) is 1. The van der Waals surface area contributed by atoms with Crippen molar-refractivity contribution in [3.8, 4) is 11.4 Å². The highest BCUT2D eigenvalue weighted by atomic mass is 16.5. The summed E-state index contributed by atoms with van der Waals surface area (Å²) in [5.41, 5.74) is 1.82. The van der Waals surface area contributed by atoms with Gasteiger partial charge in [-0.3, -0.25) is 4.98 Å². The van der Waals surface area contributed by atoms with Gasteiger partial charge in [-0.15, -0.1) is 0 Å². The monoisotopic (exact) mass is 358 g/mol. The highest BCUT2D eigenvalue weighted by molar-refractivity contribution is 5.91. The lowest BCUT2D eigenvalue weighted by Crippen LogP contribution is -2.39. The maximum absolute atomic E-state index is 5.91. The molecule has 6 heteroatoms. The molecule has 0 spiro atoms. The average Bonchev–Trinajstić information content (AvgIpc) is 3.29. The number of para-hydroxylation sites is 1. The SMILES string of the molecule is c1cncc(-c2nc(N3CCOC(c4ccco4)C3)c3ccccc3n2)c1. The number of pyridine rings is 1. The molecule has 1 fully saturated rings. The van der Waals surface area contributed by atoms with E-state index in [4.69, 9.17) is 19.1 Å². The summed E-state index contributed by atoms with van der Waals surface area (Å²) in [7, 11) is 0. The van der Waals surface area contributed by atoms with Crippen molar-refractivity contribution in [1.29, 1.82) is 0 Å². The summed E-state index contributed by atoms with van der Waals surface area (Å²) in [6, 6.07) is 15.8. The lowest BCUT2D eigenvalue weighted by Gasteiger charge is -2.33. The fourth-order valence-electron chi connectivity index (χ4n) is 3.41. The summed E-state index contributed by atoms with van der Waals surface area (Å²) in [5.74, 6) is 2.43. The summed E-state index contributed by atoms with van der Waals surface area (Å²) in [4.78, 5) is 16.1. The number of hydrogen-bond donors (Lipinski definition) is 0. The minimum atomic E-state index is -0.107. The first-order chi connectivity index (χ1) is 13.4. The third kappa shape index (κ3) is 3.04. The number of rotatable bonds is 3. The lowest BCUT2D eigenvalue weighted by molar-refractivity contribution is 0.0256. The number of furan rings is 1. The second-order valence-electron chi connectivity index (χ2n) is 6.45. The van der Waals surface area contributed by atoms with Crippen LogP contribution in [-0.2, 0) is 4.74 Å². The van der Waals surface area contributed by atoms with Gasteiger partial charge in [0.25, 0.3) is 0 Å². The Labute approximate surface area is 156 Å². The highest BCUT2D eigenvalue weighted by Crippen LogP contribution is 2.31. The molecule has 0 aliphatic carbocycles. The van der Waals surface area contributed by atoms with E-state index < -0.39 is 0 Å². The van der Waals surface area contributed by atoms with Crippen LogP contribution in [0, 0.1) is 0 Å². The van der Waals surface area contributed by atoms with Crippen molar-refractivity contribution < 1.29 is 9.15 Å². The van der Waals surface area contributed by atoms with Crippen molar-refractivity contribution in [1.82, 2.24) is 15.0 Å². The molecule has 0 saturated carbocycles. The second-order valence-corrected chi connectivity index (χ2v) is 6.45. The Kier molecular flexibility index (Phi) is 4.03. The van der Waals surface area contributed by atoms with Crippen LogP contribution in [0.2, 0.25) is 0 Å². The van der Waals surface area contributed by atoms with E-state index in [2.05, 4.69) is 16.0 Å². The third-order valence-electron chi connectivity index (χ3n) is 4.73. The van der Waals surface area contributed by atoms with Gasteiger partial charge in [-0.1, -0.05) is 12.1 Å². The maximum atomic E-state index is 5.91. The van der Waals surface area contributed by atoms with Crippen LogP contribution in [0.15, 0.2) is 71.6 Å². The fraction of sp³-hybridized carbons (Fsp3) is 0.190. The van der Waals surface area contributed by atoms with E-state index in [9.17, 15) is 0 Å². The molecule has 27 heavy (non-hydrogen) atoms. The van der Waals surface area contributed by atoms with Crippen molar-refractivity contribution >= 4 is 16.7 Å². The van der Waals surface area contributed by atoms with Gasteiger partial charge in [-0.25, -0.2) is 9.97 Å². The normalized spacial score (nSPS) is 17.3. The van der Waals surface area contributed by atoms with Gasteiger partial charge in [-0.05, 0) is 36.4 Å². The van der Waals surface area contributed by atoms with Crippen molar-refractivity contribution in [2.24, 2.45) is 0 Å². The van der Waals surface area contributed by atoms with Crippen molar-refractivity contribution in [3.63, 3.8) is 0 Å². The molecule has 1 atom stereocenters. The smallest absolute Gasteiger partial charge is 0.163 e. The molecule has 4 heterocycles.